The molecular formula is C8H10N2. The summed E-state index contributed by atoms with van der Waals surface area (Å²) >= 11 is 0. The zero-order valence-corrected chi connectivity index (χ0v) is 6.02. The second kappa shape index (κ2) is 4.61. The van der Waals surface area contributed by atoms with E-state index in [9.17, 15) is 0 Å². The van der Waals surface area contributed by atoms with Crippen molar-refractivity contribution in [3.8, 4) is 18.4 Å². The molecule has 0 heterocycles. The van der Waals surface area contributed by atoms with Crippen LogP contribution in [-0.4, -0.2) is 12.6 Å². The first kappa shape index (κ1) is 8.75. The molecule has 0 aliphatic heterocycles. The molecule has 0 radical (unpaired) electrons. The van der Waals surface area contributed by atoms with Crippen LogP contribution in [-0.2, 0) is 0 Å². The fraction of sp³-hybridized carbons (Fsp3) is 0.375. The molecule has 0 saturated carbocycles. The summed E-state index contributed by atoms with van der Waals surface area (Å²) in [6.07, 6.45) is 4.98. The van der Waals surface area contributed by atoms with Gasteiger partial charge in [0.1, 0.15) is 6.04 Å². The topological polar surface area (TPSA) is 35.8 Å². The van der Waals surface area contributed by atoms with Gasteiger partial charge >= 0.3 is 0 Å². The minimum atomic E-state index is -0.309. The van der Waals surface area contributed by atoms with Gasteiger partial charge < -0.3 is 0 Å². The lowest BCUT2D eigenvalue weighted by Gasteiger charge is -2.06. The highest BCUT2D eigenvalue weighted by Crippen LogP contribution is 1.94. The van der Waals surface area contributed by atoms with Gasteiger partial charge in [0.15, 0.2) is 0 Å². The molecule has 0 rings (SSSR count). The van der Waals surface area contributed by atoms with Crippen LogP contribution in [0.4, 0.5) is 0 Å². The van der Waals surface area contributed by atoms with E-state index in [4.69, 9.17) is 11.7 Å². The van der Waals surface area contributed by atoms with Crippen molar-refractivity contribution in [1.82, 2.24) is 5.32 Å². The highest BCUT2D eigenvalue weighted by atomic mass is 14.9. The summed E-state index contributed by atoms with van der Waals surface area (Å²) in [5, 5.41) is 11.3. The quantitative estimate of drug-likeness (QED) is 0.455. The van der Waals surface area contributed by atoms with E-state index in [2.05, 4.69) is 17.8 Å². The van der Waals surface area contributed by atoms with Crippen LogP contribution < -0.4 is 5.32 Å². The first-order valence-electron chi connectivity index (χ1n) is 2.94. The average molecular weight is 134 g/mol. The number of nitrogens with zero attached hydrogens (tertiary/aromatic N) is 1. The summed E-state index contributed by atoms with van der Waals surface area (Å²) < 4.78 is 0. The van der Waals surface area contributed by atoms with Crippen molar-refractivity contribution < 1.29 is 0 Å². The van der Waals surface area contributed by atoms with Gasteiger partial charge in [-0.1, -0.05) is 12.5 Å². The van der Waals surface area contributed by atoms with Crippen LogP contribution in [0.2, 0.25) is 0 Å². The van der Waals surface area contributed by atoms with Gasteiger partial charge in [-0.15, -0.1) is 6.42 Å². The molecule has 0 amide bonds. The molecular weight excluding hydrogens is 124 g/mol. The van der Waals surface area contributed by atoms with Gasteiger partial charge in [0.2, 0.25) is 0 Å². The highest BCUT2D eigenvalue weighted by molar-refractivity contribution is 5.14. The first-order chi connectivity index (χ1) is 4.72. The number of rotatable bonds is 3. The Labute approximate surface area is 61.5 Å². The van der Waals surface area contributed by atoms with Crippen molar-refractivity contribution >= 4 is 0 Å². The molecule has 0 aliphatic rings. The van der Waals surface area contributed by atoms with Crippen LogP contribution in [0, 0.1) is 23.7 Å². The van der Waals surface area contributed by atoms with E-state index in [0.29, 0.717) is 6.54 Å². The van der Waals surface area contributed by atoms with Crippen LogP contribution in [0.3, 0.4) is 0 Å². The lowest BCUT2D eigenvalue weighted by atomic mass is 10.2. The predicted octanol–water partition coefficient (Wildman–Crippen LogP) is 0.677. The molecule has 2 heteroatoms. The molecule has 10 heavy (non-hydrogen) atoms. The first-order valence-corrected chi connectivity index (χ1v) is 2.94. The maximum Gasteiger partial charge on any atom is 0.117 e. The van der Waals surface area contributed by atoms with Gasteiger partial charge in [-0.05, 0) is 12.5 Å². The fourth-order valence-electron chi connectivity index (χ4n) is 0.491. The Hall–Kier alpha value is -1.25. The highest BCUT2D eigenvalue weighted by Gasteiger charge is 2.03. The Morgan fingerprint density at radius 2 is 2.50 bits per heavy atom. The lowest BCUT2D eigenvalue weighted by molar-refractivity contribution is 0.726. The van der Waals surface area contributed by atoms with E-state index < -0.39 is 0 Å². The van der Waals surface area contributed by atoms with Crippen molar-refractivity contribution in [3.63, 3.8) is 0 Å². The van der Waals surface area contributed by atoms with Crippen LogP contribution >= 0.6 is 0 Å². The molecule has 0 saturated heterocycles. The lowest BCUT2D eigenvalue weighted by Crippen LogP contribution is -2.28. The van der Waals surface area contributed by atoms with Gasteiger partial charge in [-0.2, -0.15) is 5.26 Å². The van der Waals surface area contributed by atoms with E-state index in [1.165, 1.54) is 0 Å². The third-order valence-electron chi connectivity index (χ3n) is 1.03. The normalized spacial score (nSPS) is 11.1. The summed E-state index contributed by atoms with van der Waals surface area (Å²) in [6.45, 7) is 5.82. The molecule has 0 aliphatic carbocycles. The van der Waals surface area contributed by atoms with E-state index in [-0.39, 0.29) is 6.04 Å². The Balaban J connectivity index is 3.78. The molecule has 0 aromatic carbocycles. The molecule has 0 spiro atoms. The Morgan fingerprint density at radius 1 is 1.90 bits per heavy atom. The van der Waals surface area contributed by atoms with Gasteiger partial charge in [0, 0.05) is 0 Å². The molecule has 0 bridgehead atoms. The summed E-state index contributed by atoms with van der Waals surface area (Å²) in [6, 6.07) is 1.72. The van der Waals surface area contributed by atoms with Gasteiger partial charge in [-0.25, -0.2) is 0 Å². The van der Waals surface area contributed by atoms with Gasteiger partial charge in [-0.3, -0.25) is 5.32 Å². The fourth-order valence-corrected chi connectivity index (χ4v) is 0.491. The maximum absolute atomic E-state index is 8.48. The standard InChI is InChI=1S/C8H10N2/c1-4-5-10-8(6-9)7(2)3/h1,8,10H,2,5H2,3H3. The molecule has 1 N–H and O–H groups in total. The Morgan fingerprint density at radius 3 is 2.80 bits per heavy atom. The van der Waals surface area contributed by atoms with Crippen LogP contribution in [0.5, 0.6) is 0 Å². The second-order valence-corrected chi connectivity index (χ2v) is 1.99. The van der Waals surface area contributed by atoms with Crippen LogP contribution in [0.25, 0.3) is 0 Å². The van der Waals surface area contributed by atoms with E-state index >= 15 is 0 Å². The average Bonchev–Trinajstić information content (AvgIpc) is 1.89. The van der Waals surface area contributed by atoms with E-state index in [0.717, 1.165) is 5.57 Å². The van der Waals surface area contributed by atoms with Crippen molar-refractivity contribution in [2.24, 2.45) is 0 Å². The van der Waals surface area contributed by atoms with E-state index in [1.807, 2.05) is 6.07 Å². The third kappa shape index (κ3) is 2.91. The van der Waals surface area contributed by atoms with Crippen molar-refractivity contribution in [2.75, 3.05) is 6.54 Å². The molecule has 0 fully saturated rings. The summed E-state index contributed by atoms with van der Waals surface area (Å²) in [7, 11) is 0. The monoisotopic (exact) mass is 134 g/mol. The second-order valence-electron chi connectivity index (χ2n) is 1.99. The van der Waals surface area contributed by atoms with E-state index in [1.54, 1.807) is 6.92 Å². The predicted molar refractivity (Wildman–Crippen MR) is 41.1 cm³/mol. The van der Waals surface area contributed by atoms with Crippen molar-refractivity contribution in [2.45, 2.75) is 13.0 Å². The number of terminal acetylenes is 1. The van der Waals surface area contributed by atoms with Crippen LogP contribution in [0.15, 0.2) is 12.2 Å². The number of nitrogens with one attached hydrogen (secondary N) is 1. The minimum Gasteiger partial charge on any atom is -0.288 e. The summed E-state index contributed by atoms with van der Waals surface area (Å²) in [5.41, 5.74) is 0.790. The Kier molecular flexibility index (Phi) is 4.04. The number of hydrogen-bond donors (Lipinski definition) is 1. The van der Waals surface area contributed by atoms with Gasteiger partial charge in [0.05, 0.1) is 12.6 Å². The van der Waals surface area contributed by atoms with Crippen molar-refractivity contribution in [3.05, 3.63) is 12.2 Å². The minimum absolute atomic E-state index is 0.309. The summed E-state index contributed by atoms with van der Waals surface area (Å²) in [4.78, 5) is 0. The smallest absolute Gasteiger partial charge is 0.117 e. The molecule has 2 nitrogen and oxygen atoms in total. The molecule has 0 aromatic rings. The zero-order valence-electron chi connectivity index (χ0n) is 6.02. The SMILES string of the molecule is C#CCNC(C#N)C(=C)C. The summed E-state index contributed by atoms with van der Waals surface area (Å²) in [5.74, 6) is 2.38. The molecule has 1 unspecified atom stereocenters. The maximum atomic E-state index is 8.48. The number of hydrogen-bond acceptors (Lipinski definition) is 2. The molecule has 1 atom stereocenters. The third-order valence-corrected chi connectivity index (χ3v) is 1.03. The zero-order chi connectivity index (χ0) is 7.98. The van der Waals surface area contributed by atoms with Crippen molar-refractivity contribution in [1.29, 1.82) is 5.26 Å². The molecule has 52 valence electrons. The van der Waals surface area contributed by atoms with Gasteiger partial charge in [0.25, 0.3) is 0 Å². The largest absolute Gasteiger partial charge is 0.288 e. The van der Waals surface area contributed by atoms with Crippen LogP contribution in [0.1, 0.15) is 6.92 Å². The number of nitriles is 1. The molecule has 0 aromatic heterocycles. The Bertz CT molecular complexity index is 192.